The largest absolute Gasteiger partial charge is 0.298 e. The zero-order chi connectivity index (χ0) is 10.4. The first-order valence-corrected chi connectivity index (χ1v) is 5.80. The van der Waals surface area contributed by atoms with Crippen molar-refractivity contribution < 1.29 is 0 Å². The molecule has 0 aromatic rings. The molecule has 0 rings (SSSR count). The van der Waals surface area contributed by atoms with Crippen LogP contribution in [0.1, 0.15) is 54.4 Å². The molecule has 1 unspecified atom stereocenters. The van der Waals surface area contributed by atoms with E-state index in [0.717, 1.165) is 12.0 Å². The highest BCUT2D eigenvalue weighted by atomic mass is 15.2. The highest BCUT2D eigenvalue weighted by Gasteiger charge is 2.21. The molecular formula is C12H27N. The van der Waals surface area contributed by atoms with Gasteiger partial charge in [-0.05, 0) is 32.7 Å². The van der Waals surface area contributed by atoms with Crippen molar-refractivity contribution in [2.24, 2.45) is 5.92 Å². The van der Waals surface area contributed by atoms with E-state index in [1.807, 2.05) is 0 Å². The Kier molecular flexibility index (Phi) is 6.40. The Morgan fingerprint density at radius 2 is 1.54 bits per heavy atom. The van der Waals surface area contributed by atoms with Gasteiger partial charge < -0.3 is 0 Å². The molecule has 13 heavy (non-hydrogen) atoms. The van der Waals surface area contributed by atoms with E-state index in [9.17, 15) is 0 Å². The highest BCUT2D eigenvalue weighted by Crippen LogP contribution is 2.18. The monoisotopic (exact) mass is 185 g/mol. The van der Waals surface area contributed by atoms with Crippen molar-refractivity contribution >= 4 is 0 Å². The molecule has 1 atom stereocenters. The van der Waals surface area contributed by atoms with Crippen LogP contribution in [-0.4, -0.2) is 23.5 Å². The van der Waals surface area contributed by atoms with Gasteiger partial charge in [0.05, 0.1) is 0 Å². The number of hydrogen-bond acceptors (Lipinski definition) is 1. The minimum Gasteiger partial charge on any atom is -0.298 e. The van der Waals surface area contributed by atoms with Gasteiger partial charge in [-0.25, -0.2) is 0 Å². The fourth-order valence-corrected chi connectivity index (χ4v) is 2.16. The summed E-state index contributed by atoms with van der Waals surface area (Å²) in [5, 5.41) is 0. The number of rotatable bonds is 6. The van der Waals surface area contributed by atoms with Crippen molar-refractivity contribution in [1.82, 2.24) is 4.90 Å². The second-order valence-electron chi connectivity index (χ2n) is 4.52. The molecule has 0 saturated carbocycles. The number of nitrogens with zero attached hydrogens (tertiary/aromatic N) is 1. The predicted octanol–water partition coefficient (Wildman–Crippen LogP) is 3.54. The van der Waals surface area contributed by atoms with Gasteiger partial charge in [-0.1, -0.05) is 34.1 Å². The molecule has 0 amide bonds. The molecule has 80 valence electrons. The minimum atomic E-state index is 0.684. The molecule has 0 spiro atoms. The van der Waals surface area contributed by atoms with Crippen LogP contribution in [0.15, 0.2) is 0 Å². The van der Waals surface area contributed by atoms with E-state index in [-0.39, 0.29) is 0 Å². The molecule has 0 heterocycles. The molecule has 0 fully saturated rings. The SMILES string of the molecule is CCCC(C(C)C)N(CC)C(C)C. The Hall–Kier alpha value is -0.0400. The first-order valence-electron chi connectivity index (χ1n) is 5.80. The van der Waals surface area contributed by atoms with Gasteiger partial charge in [0.15, 0.2) is 0 Å². The van der Waals surface area contributed by atoms with Gasteiger partial charge >= 0.3 is 0 Å². The molecule has 1 nitrogen and oxygen atoms in total. The van der Waals surface area contributed by atoms with E-state index in [0.29, 0.717) is 6.04 Å². The second kappa shape index (κ2) is 6.42. The zero-order valence-corrected chi connectivity index (χ0v) is 10.3. The lowest BCUT2D eigenvalue weighted by atomic mass is 9.96. The molecular weight excluding hydrogens is 158 g/mol. The molecule has 0 aromatic carbocycles. The van der Waals surface area contributed by atoms with Crippen LogP contribution >= 0.6 is 0 Å². The normalized spacial score (nSPS) is 14.5. The van der Waals surface area contributed by atoms with Gasteiger partial charge in [0.2, 0.25) is 0 Å². The van der Waals surface area contributed by atoms with Crippen LogP contribution < -0.4 is 0 Å². The molecule has 0 aliphatic carbocycles. The molecule has 0 bridgehead atoms. The maximum Gasteiger partial charge on any atom is 0.0121 e. The molecule has 0 saturated heterocycles. The van der Waals surface area contributed by atoms with Gasteiger partial charge in [0, 0.05) is 12.1 Å². The predicted molar refractivity (Wildman–Crippen MR) is 61.1 cm³/mol. The Labute approximate surface area is 84.5 Å². The van der Waals surface area contributed by atoms with Crippen LogP contribution in [0.2, 0.25) is 0 Å². The standard InChI is InChI=1S/C12H27N/c1-7-9-12(10(3)4)13(8-2)11(5)6/h10-12H,7-9H2,1-6H3. The first kappa shape index (κ1) is 13.0. The Balaban J connectivity index is 4.29. The van der Waals surface area contributed by atoms with Crippen molar-refractivity contribution in [3.05, 3.63) is 0 Å². The van der Waals surface area contributed by atoms with Gasteiger partial charge in [0.25, 0.3) is 0 Å². The quantitative estimate of drug-likeness (QED) is 0.612. The van der Waals surface area contributed by atoms with Crippen molar-refractivity contribution in [3.8, 4) is 0 Å². The Morgan fingerprint density at radius 1 is 1.00 bits per heavy atom. The van der Waals surface area contributed by atoms with Crippen molar-refractivity contribution in [1.29, 1.82) is 0 Å². The third-order valence-corrected chi connectivity index (χ3v) is 2.81. The topological polar surface area (TPSA) is 3.24 Å². The van der Waals surface area contributed by atoms with E-state index in [2.05, 4.69) is 46.4 Å². The van der Waals surface area contributed by atoms with Crippen molar-refractivity contribution in [3.63, 3.8) is 0 Å². The molecule has 1 heteroatoms. The Bertz CT molecular complexity index is 118. The average Bonchev–Trinajstić information content (AvgIpc) is 2.03. The number of hydrogen-bond donors (Lipinski definition) is 0. The van der Waals surface area contributed by atoms with E-state index < -0.39 is 0 Å². The van der Waals surface area contributed by atoms with E-state index in [4.69, 9.17) is 0 Å². The maximum atomic E-state index is 2.62. The molecule has 0 N–H and O–H groups in total. The van der Waals surface area contributed by atoms with Gasteiger partial charge in [-0.2, -0.15) is 0 Å². The fraction of sp³-hybridized carbons (Fsp3) is 1.00. The highest BCUT2D eigenvalue weighted by molar-refractivity contribution is 4.76. The summed E-state index contributed by atoms with van der Waals surface area (Å²) in [5.74, 6) is 0.780. The van der Waals surface area contributed by atoms with Crippen LogP contribution in [0, 0.1) is 5.92 Å². The van der Waals surface area contributed by atoms with Crippen molar-refractivity contribution in [2.45, 2.75) is 66.5 Å². The summed E-state index contributed by atoms with van der Waals surface area (Å²) in [6.45, 7) is 15.0. The summed E-state index contributed by atoms with van der Waals surface area (Å²) < 4.78 is 0. The van der Waals surface area contributed by atoms with E-state index in [1.54, 1.807) is 0 Å². The third kappa shape index (κ3) is 4.12. The lowest BCUT2D eigenvalue weighted by Crippen LogP contribution is -2.43. The zero-order valence-electron chi connectivity index (χ0n) is 10.3. The lowest BCUT2D eigenvalue weighted by Gasteiger charge is -2.36. The van der Waals surface area contributed by atoms with Crippen LogP contribution in [-0.2, 0) is 0 Å². The minimum absolute atomic E-state index is 0.684. The van der Waals surface area contributed by atoms with Crippen LogP contribution in [0.5, 0.6) is 0 Å². The molecule has 0 aliphatic heterocycles. The van der Waals surface area contributed by atoms with Gasteiger partial charge in [-0.15, -0.1) is 0 Å². The smallest absolute Gasteiger partial charge is 0.0121 e. The molecule has 0 radical (unpaired) electrons. The summed E-state index contributed by atoms with van der Waals surface area (Å²) in [5.41, 5.74) is 0. The van der Waals surface area contributed by atoms with Crippen LogP contribution in [0.25, 0.3) is 0 Å². The van der Waals surface area contributed by atoms with E-state index in [1.165, 1.54) is 19.4 Å². The summed E-state index contributed by atoms with van der Waals surface area (Å²) in [4.78, 5) is 2.62. The molecule has 0 aromatic heterocycles. The summed E-state index contributed by atoms with van der Waals surface area (Å²) in [6.07, 6.45) is 2.63. The first-order chi connectivity index (χ1) is 6.04. The van der Waals surface area contributed by atoms with Crippen LogP contribution in [0.3, 0.4) is 0 Å². The lowest BCUT2D eigenvalue weighted by molar-refractivity contribution is 0.117. The van der Waals surface area contributed by atoms with Gasteiger partial charge in [-0.3, -0.25) is 4.90 Å². The van der Waals surface area contributed by atoms with Crippen molar-refractivity contribution in [2.75, 3.05) is 6.54 Å². The average molecular weight is 185 g/mol. The summed E-state index contributed by atoms with van der Waals surface area (Å²) in [6, 6.07) is 1.46. The maximum absolute atomic E-state index is 2.62. The molecule has 0 aliphatic rings. The second-order valence-corrected chi connectivity index (χ2v) is 4.52. The fourth-order valence-electron chi connectivity index (χ4n) is 2.16. The summed E-state index contributed by atoms with van der Waals surface area (Å²) >= 11 is 0. The van der Waals surface area contributed by atoms with E-state index >= 15 is 0 Å². The van der Waals surface area contributed by atoms with Crippen LogP contribution in [0.4, 0.5) is 0 Å². The third-order valence-electron chi connectivity index (χ3n) is 2.81. The Morgan fingerprint density at radius 3 is 1.77 bits per heavy atom. The summed E-state index contributed by atoms with van der Waals surface area (Å²) in [7, 11) is 0. The van der Waals surface area contributed by atoms with Gasteiger partial charge in [0.1, 0.15) is 0 Å².